The molecule has 3 rings (SSSR count). The molecule has 2 heterocycles. The summed E-state index contributed by atoms with van der Waals surface area (Å²) < 4.78 is 44.6. The molecule has 0 aliphatic carbocycles. The number of carbonyl (C=O) groups excluding carboxylic acids is 1. The number of nitrogens with zero attached hydrogens (tertiary/aromatic N) is 2. The predicted octanol–water partition coefficient (Wildman–Crippen LogP) is 2.55. The number of carbonyl (C=O) groups is 1. The highest BCUT2D eigenvalue weighted by Gasteiger charge is 2.44. The number of rotatable bonds is 7. The molecule has 8 nitrogen and oxygen atoms in total. The van der Waals surface area contributed by atoms with Crippen LogP contribution in [0, 0.1) is 9.39 Å². The fourth-order valence-corrected chi connectivity index (χ4v) is 4.33. The number of aryl methyl sites for hydroxylation is 1. The van der Waals surface area contributed by atoms with Gasteiger partial charge in [-0.05, 0) is 60.9 Å². The summed E-state index contributed by atoms with van der Waals surface area (Å²) in [5.41, 5.74) is 2.71. The maximum Gasteiger partial charge on any atom is 0.264 e. The van der Waals surface area contributed by atoms with Crippen LogP contribution in [0.25, 0.3) is 10.9 Å². The molecule has 11 heteroatoms. The van der Waals surface area contributed by atoms with Gasteiger partial charge >= 0.3 is 0 Å². The molecule has 2 atom stereocenters. The SMILES string of the molecule is C[C@@](CCn1cc2c(F)c(I)ccc2n1)(C(=O)NOC1CCCCO1)S(C)(=O)=O. The zero-order valence-electron chi connectivity index (χ0n) is 16.2. The van der Waals surface area contributed by atoms with Crippen molar-refractivity contribution in [3.8, 4) is 0 Å². The van der Waals surface area contributed by atoms with Crippen molar-refractivity contribution < 1.29 is 27.2 Å². The third-order valence-electron chi connectivity index (χ3n) is 5.16. The van der Waals surface area contributed by atoms with Gasteiger partial charge in [-0.15, -0.1) is 0 Å². The molecule has 0 spiro atoms. The Kier molecular flexibility index (Phi) is 6.81. The van der Waals surface area contributed by atoms with E-state index >= 15 is 0 Å². The van der Waals surface area contributed by atoms with Crippen LogP contribution < -0.4 is 5.48 Å². The minimum absolute atomic E-state index is 0.0563. The number of nitrogens with one attached hydrogen (secondary N) is 1. The topological polar surface area (TPSA) is 99.5 Å². The molecule has 1 aromatic heterocycles. The van der Waals surface area contributed by atoms with Crippen molar-refractivity contribution in [3.05, 3.63) is 27.7 Å². The Labute approximate surface area is 182 Å². The average Bonchev–Trinajstić information content (AvgIpc) is 3.11. The molecule has 160 valence electrons. The second-order valence-electron chi connectivity index (χ2n) is 7.28. The van der Waals surface area contributed by atoms with Gasteiger partial charge in [-0.1, -0.05) is 0 Å². The largest absolute Gasteiger partial charge is 0.350 e. The number of benzene rings is 1. The number of amides is 1. The van der Waals surface area contributed by atoms with E-state index in [1.54, 1.807) is 12.1 Å². The Morgan fingerprint density at radius 3 is 2.90 bits per heavy atom. The van der Waals surface area contributed by atoms with Gasteiger partial charge in [0.25, 0.3) is 5.91 Å². The van der Waals surface area contributed by atoms with Gasteiger partial charge in [0.15, 0.2) is 20.9 Å². The van der Waals surface area contributed by atoms with Crippen LogP contribution in [0.4, 0.5) is 4.39 Å². The van der Waals surface area contributed by atoms with E-state index in [0.29, 0.717) is 27.5 Å². The summed E-state index contributed by atoms with van der Waals surface area (Å²) in [6.07, 6.45) is 4.34. The summed E-state index contributed by atoms with van der Waals surface area (Å²) in [6, 6.07) is 3.31. The van der Waals surface area contributed by atoms with Crippen LogP contribution >= 0.6 is 22.6 Å². The van der Waals surface area contributed by atoms with Crippen molar-refractivity contribution in [3.63, 3.8) is 0 Å². The molecule has 1 N–H and O–H groups in total. The van der Waals surface area contributed by atoms with Crippen molar-refractivity contribution in [2.45, 2.75) is 50.2 Å². The van der Waals surface area contributed by atoms with Gasteiger partial charge in [-0.2, -0.15) is 5.10 Å². The van der Waals surface area contributed by atoms with Gasteiger partial charge in [0.1, 0.15) is 5.82 Å². The zero-order chi connectivity index (χ0) is 21.2. The molecule has 1 unspecified atom stereocenters. The highest BCUT2D eigenvalue weighted by molar-refractivity contribution is 14.1. The van der Waals surface area contributed by atoms with Crippen LogP contribution in [0.5, 0.6) is 0 Å². The number of hydrogen-bond donors (Lipinski definition) is 1. The fraction of sp³-hybridized carbons (Fsp3) is 0.556. The Hall–Kier alpha value is -1.31. The lowest BCUT2D eigenvalue weighted by molar-refractivity contribution is -0.201. The Morgan fingerprint density at radius 1 is 1.48 bits per heavy atom. The van der Waals surface area contributed by atoms with Gasteiger partial charge in [-0.3, -0.25) is 9.48 Å². The summed E-state index contributed by atoms with van der Waals surface area (Å²) in [5.74, 6) is -1.15. The molecule has 1 aliphatic rings. The molecule has 1 amide bonds. The molecule has 1 saturated heterocycles. The van der Waals surface area contributed by atoms with Crippen LogP contribution in [0.15, 0.2) is 18.3 Å². The summed E-state index contributed by atoms with van der Waals surface area (Å²) in [4.78, 5) is 17.9. The van der Waals surface area contributed by atoms with Crippen molar-refractivity contribution in [1.29, 1.82) is 0 Å². The van der Waals surface area contributed by atoms with E-state index < -0.39 is 26.8 Å². The van der Waals surface area contributed by atoms with Crippen LogP contribution in [0.3, 0.4) is 0 Å². The van der Waals surface area contributed by atoms with E-state index in [9.17, 15) is 17.6 Å². The Bertz CT molecular complexity index is 1010. The number of aromatic nitrogens is 2. The van der Waals surface area contributed by atoms with E-state index in [0.717, 1.165) is 19.1 Å². The maximum absolute atomic E-state index is 14.2. The monoisotopic (exact) mass is 539 g/mol. The third-order valence-corrected chi connectivity index (χ3v) is 8.02. The lowest BCUT2D eigenvalue weighted by Crippen LogP contribution is -2.51. The number of hydrogen-bond acceptors (Lipinski definition) is 6. The molecule has 0 bridgehead atoms. The van der Waals surface area contributed by atoms with Gasteiger partial charge in [0.05, 0.1) is 10.9 Å². The summed E-state index contributed by atoms with van der Waals surface area (Å²) in [5, 5.41) is 4.62. The van der Waals surface area contributed by atoms with Crippen LogP contribution in [0.2, 0.25) is 0 Å². The smallest absolute Gasteiger partial charge is 0.264 e. The van der Waals surface area contributed by atoms with Gasteiger partial charge in [-0.25, -0.2) is 23.1 Å². The molecule has 0 saturated carbocycles. The average molecular weight is 539 g/mol. The molecule has 1 aliphatic heterocycles. The van der Waals surface area contributed by atoms with Crippen LogP contribution in [0.1, 0.15) is 32.6 Å². The molecular weight excluding hydrogens is 516 g/mol. The number of fused-ring (bicyclic) bond motifs is 1. The fourth-order valence-electron chi connectivity index (χ4n) is 3.02. The van der Waals surface area contributed by atoms with Crippen LogP contribution in [-0.2, 0) is 30.8 Å². The van der Waals surface area contributed by atoms with Gasteiger partial charge < -0.3 is 4.74 Å². The summed E-state index contributed by atoms with van der Waals surface area (Å²) >= 11 is 1.89. The number of hydroxylamine groups is 1. The van der Waals surface area contributed by atoms with Crippen LogP contribution in [-0.4, -0.2) is 48.0 Å². The normalized spacial score (nSPS) is 19.8. The van der Waals surface area contributed by atoms with Gasteiger partial charge in [0, 0.05) is 35.6 Å². The number of sulfone groups is 1. The molecular formula is C18H23FIN3O5S. The summed E-state index contributed by atoms with van der Waals surface area (Å²) in [6.45, 7) is 1.99. The van der Waals surface area contributed by atoms with Gasteiger partial charge in [0.2, 0.25) is 0 Å². The number of halogens is 2. The van der Waals surface area contributed by atoms with Crippen molar-refractivity contribution in [1.82, 2.24) is 15.3 Å². The first kappa shape index (κ1) is 22.4. The molecule has 29 heavy (non-hydrogen) atoms. The first-order valence-corrected chi connectivity index (χ1v) is 12.2. The quantitative estimate of drug-likeness (QED) is 0.429. The van der Waals surface area contributed by atoms with E-state index in [1.807, 2.05) is 22.6 Å². The highest BCUT2D eigenvalue weighted by Crippen LogP contribution is 2.25. The lowest BCUT2D eigenvalue weighted by atomic mass is 10.1. The second-order valence-corrected chi connectivity index (χ2v) is 10.9. The van der Waals surface area contributed by atoms with E-state index in [-0.39, 0.29) is 18.8 Å². The predicted molar refractivity (Wildman–Crippen MR) is 113 cm³/mol. The van der Waals surface area contributed by atoms with Crippen molar-refractivity contribution in [2.24, 2.45) is 0 Å². The van der Waals surface area contributed by atoms with Crippen molar-refractivity contribution in [2.75, 3.05) is 12.9 Å². The lowest BCUT2D eigenvalue weighted by Gasteiger charge is -2.28. The van der Waals surface area contributed by atoms with Crippen molar-refractivity contribution >= 4 is 49.2 Å². The van der Waals surface area contributed by atoms with E-state index in [2.05, 4.69) is 10.6 Å². The first-order chi connectivity index (χ1) is 13.6. The second kappa shape index (κ2) is 8.82. The third kappa shape index (κ3) is 4.89. The molecule has 0 radical (unpaired) electrons. The Morgan fingerprint density at radius 2 is 2.24 bits per heavy atom. The minimum atomic E-state index is -3.78. The van der Waals surface area contributed by atoms with E-state index in [4.69, 9.17) is 9.57 Å². The standard InChI is InChI=1S/C18H23FIN3O5S/c1-18(29(2,25)26,17(24)22-28-15-5-3-4-10-27-15)8-9-23-11-12-14(21-23)7-6-13(20)16(12)19/h6-7,11,15H,3-5,8-10H2,1-2H3,(H,22,24)/t15?,18-/m1/s1. The first-order valence-electron chi connectivity index (χ1n) is 9.20. The zero-order valence-corrected chi connectivity index (χ0v) is 19.1. The summed E-state index contributed by atoms with van der Waals surface area (Å²) in [7, 11) is -3.78. The van der Waals surface area contributed by atoms with E-state index in [1.165, 1.54) is 17.8 Å². The maximum atomic E-state index is 14.2. The number of ether oxygens (including phenoxy) is 1. The minimum Gasteiger partial charge on any atom is -0.350 e. The molecule has 1 aromatic carbocycles. The molecule has 2 aromatic rings. The molecule has 1 fully saturated rings. The highest BCUT2D eigenvalue weighted by atomic mass is 127. The Balaban J connectivity index is 1.73.